The minimum absolute atomic E-state index is 0.344. The van der Waals surface area contributed by atoms with Gasteiger partial charge in [-0.1, -0.05) is 19.9 Å². The van der Waals surface area contributed by atoms with Gasteiger partial charge in [0.2, 0.25) is 0 Å². The molecule has 17 heavy (non-hydrogen) atoms. The van der Waals surface area contributed by atoms with E-state index < -0.39 is 0 Å². The van der Waals surface area contributed by atoms with Crippen LogP contribution in [0.1, 0.15) is 50.2 Å². The molecular weight excluding hydrogens is 210 g/mol. The first-order valence-electron chi connectivity index (χ1n) is 6.48. The highest BCUT2D eigenvalue weighted by molar-refractivity contribution is 5.36. The van der Waals surface area contributed by atoms with E-state index in [1.165, 1.54) is 11.1 Å². The van der Waals surface area contributed by atoms with Crippen molar-refractivity contribution in [3.63, 3.8) is 0 Å². The van der Waals surface area contributed by atoms with Gasteiger partial charge in [0.05, 0.1) is 7.11 Å². The van der Waals surface area contributed by atoms with Gasteiger partial charge in [0.1, 0.15) is 5.75 Å². The summed E-state index contributed by atoms with van der Waals surface area (Å²) in [6.07, 6.45) is 3.32. The van der Waals surface area contributed by atoms with E-state index in [9.17, 15) is 0 Å². The fourth-order valence-corrected chi connectivity index (χ4v) is 2.15. The second-order valence-electron chi connectivity index (χ2n) is 4.87. The van der Waals surface area contributed by atoms with E-state index in [1.807, 2.05) is 6.07 Å². The van der Waals surface area contributed by atoms with E-state index in [2.05, 4.69) is 32.9 Å². The molecule has 2 unspecified atom stereocenters. The summed E-state index contributed by atoms with van der Waals surface area (Å²) in [6.45, 7) is 6.57. The van der Waals surface area contributed by atoms with Crippen LogP contribution in [0, 0.1) is 6.92 Å². The van der Waals surface area contributed by atoms with E-state index >= 15 is 0 Å². The molecule has 0 radical (unpaired) electrons. The van der Waals surface area contributed by atoms with Crippen molar-refractivity contribution in [1.29, 1.82) is 0 Å². The zero-order chi connectivity index (χ0) is 12.8. The molecule has 0 saturated carbocycles. The van der Waals surface area contributed by atoms with Crippen LogP contribution in [-0.2, 0) is 0 Å². The minimum atomic E-state index is 0.344. The monoisotopic (exact) mass is 235 g/mol. The lowest BCUT2D eigenvalue weighted by molar-refractivity contribution is 0.414. The molecule has 1 aromatic carbocycles. The maximum atomic E-state index is 5.96. The Hall–Kier alpha value is -1.02. The van der Waals surface area contributed by atoms with Crippen LogP contribution >= 0.6 is 0 Å². The van der Waals surface area contributed by atoms with Crippen molar-refractivity contribution in [1.82, 2.24) is 0 Å². The molecule has 0 spiro atoms. The number of ether oxygens (including phenoxy) is 1. The van der Waals surface area contributed by atoms with Gasteiger partial charge in [-0.25, -0.2) is 0 Å². The zero-order valence-electron chi connectivity index (χ0n) is 11.5. The summed E-state index contributed by atoms with van der Waals surface area (Å²) in [6, 6.07) is 6.66. The summed E-state index contributed by atoms with van der Waals surface area (Å²) in [7, 11) is 1.71. The lowest BCUT2D eigenvalue weighted by Gasteiger charge is -2.17. The molecule has 0 amide bonds. The molecule has 0 bridgehead atoms. The van der Waals surface area contributed by atoms with Gasteiger partial charge < -0.3 is 10.5 Å². The molecular formula is C15H25NO. The Labute approximate surface area is 105 Å². The number of hydrogen-bond donors (Lipinski definition) is 1. The van der Waals surface area contributed by atoms with E-state index in [4.69, 9.17) is 10.5 Å². The van der Waals surface area contributed by atoms with Gasteiger partial charge in [-0.05, 0) is 55.4 Å². The zero-order valence-corrected chi connectivity index (χ0v) is 11.5. The Kier molecular flexibility index (Phi) is 5.49. The highest BCUT2D eigenvalue weighted by Crippen LogP contribution is 2.27. The Morgan fingerprint density at radius 2 is 2.00 bits per heavy atom. The molecule has 0 aliphatic heterocycles. The Bertz CT molecular complexity index is 349. The molecule has 0 aliphatic rings. The van der Waals surface area contributed by atoms with Crippen LogP contribution in [0.2, 0.25) is 0 Å². The van der Waals surface area contributed by atoms with Gasteiger partial charge in [-0.15, -0.1) is 0 Å². The molecule has 0 aromatic heterocycles. The molecule has 0 fully saturated rings. The molecule has 2 N–H and O–H groups in total. The summed E-state index contributed by atoms with van der Waals surface area (Å²) in [5.41, 5.74) is 8.68. The Morgan fingerprint density at radius 1 is 1.29 bits per heavy atom. The number of methoxy groups -OCH3 is 1. The second kappa shape index (κ2) is 6.65. The first-order valence-corrected chi connectivity index (χ1v) is 6.48. The minimum Gasteiger partial charge on any atom is -0.497 e. The van der Waals surface area contributed by atoms with Crippen LogP contribution in [0.5, 0.6) is 5.75 Å². The SMILES string of the molecule is CCC(N)CCC(C)c1ccc(OC)cc1C. The van der Waals surface area contributed by atoms with Crippen molar-refractivity contribution in [2.45, 2.75) is 52.0 Å². The quantitative estimate of drug-likeness (QED) is 0.817. The molecule has 2 nitrogen and oxygen atoms in total. The fraction of sp³-hybridized carbons (Fsp3) is 0.600. The number of rotatable bonds is 6. The van der Waals surface area contributed by atoms with Crippen molar-refractivity contribution in [3.8, 4) is 5.75 Å². The van der Waals surface area contributed by atoms with E-state index in [0.717, 1.165) is 25.0 Å². The molecule has 0 aliphatic carbocycles. The smallest absolute Gasteiger partial charge is 0.119 e. The molecule has 1 rings (SSSR count). The first-order chi connectivity index (χ1) is 8.08. The van der Waals surface area contributed by atoms with Gasteiger partial charge in [0.15, 0.2) is 0 Å². The standard InChI is InChI=1S/C15H25NO/c1-5-13(16)7-6-11(2)15-9-8-14(17-4)10-12(15)3/h8-11,13H,5-7,16H2,1-4H3. The van der Waals surface area contributed by atoms with E-state index in [0.29, 0.717) is 12.0 Å². The third-order valence-corrected chi connectivity index (χ3v) is 3.50. The van der Waals surface area contributed by atoms with Gasteiger partial charge in [-0.2, -0.15) is 0 Å². The highest BCUT2D eigenvalue weighted by Gasteiger charge is 2.10. The second-order valence-corrected chi connectivity index (χ2v) is 4.87. The summed E-state index contributed by atoms with van der Waals surface area (Å²) in [4.78, 5) is 0. The maximum Gasteiger partial charge on any atom is 0.119 e. The summed E-state index contributed by atoms with van der Waals surface area (Å²) in [5, 5.41) is 0. The summed E-state index contributed by atoms with van der Waals surface area (Å²) < 4.78 is 5.23. The van der Waals surface area contributed by atoms with Crippen LogP contribution < -0.4 is 10.5 Å². The molecule has 0 heterocycles. The van der Waals surface area contributed by atoms with E-state index in [1.54, 1.807) is 7.11 Å². The maximum absolute atomic E-state index is 5.96. The van der Waals surface area contributed by atoms with Crippen LogP contribution in [-0.4, -0.2) is 13.2 Å². The highest BCUT2D eigenvalue weighted by atomic mass is 16.5. The van der Waals surface area contributed by atoms with Crippen LogP contribution in [0.3, 0.4) is 0 Å². The number of hydrogen-bond acceptors (Lipinski definition) is 2. The average molecular weight is 235 g/mol. The predicted octanol–water partition coefficient (Wildman–Crippen LogP) is 3.62. The van der Waals surface area contributed by atoms with Gasteiger partial charge in [-0.3, -0.25) is 0 Å². The molecule has 2 heteroatoms. The van der Waals surface area contributed by atoms with Gasteiger partial charge in [0, 0.05) is 6.04 Å². The third kappa shape index (κ3) is 4.04. The topological polar surface area (TPSA) is 35.2 Å². The van der Waals surface area contributed by atoms with Crippen molar-refractivity contribution < 1.29 is 4.74 Å². The number of benzene rings is 1. The van der Waals surface area contributed by atoms with Crippen molar-refractivity contribution >= 4 is 0 Å². The Balaban J connectivity index is 2.65. The molecule has 0 saturated heterocycles. The van der Waals surface area contributed by atoms with E-state index in [-0.39, 0.29) is 0 Å². The fourth-order valence-electron chi connectivity index (χ4n) is 2.15. The molecule has 96 valence electrons. The van der Waals surface area contributed by atoms with Gasteiger partial charge >= 0.3 is 0 Å². The van der Waals surface area contributed by atoms with Crippen molar-refractivity contribution in [2.75, 3.05) is 7.11 Å². The largest absolute Gasteiger partial charge is 0.497 e. The molecule has 2 atom stereocenters. The number of aryl methyl sites for hydroxylation is 1. The molecule has 1 aromatic rings. The summed E-state index contributed by atoms with van der Waals surface area (Å²) in [5.74, 6) is 1.50. The first kappa shape index (κ1) is 14.0. The predicted molar refractivity (Wildman–Crippen MR) is 73.6 cm³/mol. The average Bonchev–Trinajstić information content (AvgIpc) is 2.35. The number of nitrogens with two attached hydrogens (primary N) is 1. The van der Waals surface area contributed by atoms with Crippen LogP contribution in [0.25, 0.3) is 0 Å². The van der Waals surface area contributed by atoms with Crippen LogP contribution in [0.15, 0.2) is 18.2 Å². The lowest BCUT2D eigenvalue weighted by atomic mass is 9.91. The third-order valence-electron chi connectivity index (χ3n) is 3.50. The van der Waals surface area contributed by atoms with Crippen molar-refractivity contribution in [2.24, 2.45) is 5.73 Å². The van der Waals surface area contributed by atoms with Crippen LogP contribution in [0.4, 0.5) is 0 Å². The normalized spacial score (nSPS) is 14.4. The summed E-state index contributed by atoms with van der Waals surface area (Å²) >= 11 is 0. The lowest BCUT2D eigenvalue weighted by Crippen LogP contribution is -2.19. The Morgan fingerprint density at radius 3 is 2.53 bits per heavy atom. The van der Waals surface area contributed by atoms with Crippen molar-refractivity contribution in [3.05, 3.63) is 29.3 Å². The van der Waals surface area contributed by atoms with Gasteiger partial charge in [0.25, 0.3) is 0 Å².